The standard InChI is InChI=1S/C16H22FNO2/c1-3-10-18-16(14-8-4-5-11-20-14)15-12(17)7-6-9-13(15)19-2/h6-9,16,18H,3-5,10-11H2,1-2H3. The van der Waals surface area contributed by atoms with Crippen LogP contribution in [0.5, 0.6) is 5.75 Å². The van der Waals surface area contributed by atoms with Crippen LogP contribution < -0.4 is 10.1 Å². The third kappa shape index (κ3) is 3.31. The molecule has 0 bridgehead atoms. The molecule has 0 fully saturated rings. The van der Waals surface area contributed by atoms with E-state index in [1.807, 2.05) is 6.08 Å². The molecule has 0 saturated heterocycles. The molecule has 1 aromatic carbocycles. The Morgan fingerprint density at radius 1 is 1.45 bits per heavy atom. The zero-order valence-corrected chi connectivity index (χ0v) is 12.1. The highest BCUT2D eigenvalue weighted by molar-refractivity contribution is 5.40. The van der Waals surface area contributed by atoms with E-state index in [0.717, 1.165) is 31.6 Å². The summed E-state index contributed by atoms with van der Waals surface area (Å²) >= 11 is 0. The first-order chi connectivity index (χ1) is 9.77. The molecule has 110 valence electrons. The van der Waals surface area contributed by atoms with Gasteiger partial charge in [0.15, 0.2) is 0 Å². The van der Waals surface area contributed by atoms with Crippen LogP contribution in [0.3, 0.4) is 0 Å². The van der Waals surface area contributed by atoms with Gasteiger partial charge in [0.05, 0.1) is 25.3 Å². The molecule has 4 heteroatoms. The molecule has 1 aliphatic rings. The lowest BCUT2D eigenvalue weighted by atomic mass is 10.0. The second-order valence-corrected chi connectivity index (χ2v) is 4.84. The van der Waals surface area contributed by atoms with Crippen molar-refractivity contribution in [1.82, 2.24) is 5.32 Å². The van der Waals surface area contributed by atoms with Crippen molar-refractivity contribution in [2.75, 3.05) is 20.3 Å². The summed E-state index contributed by atoms with van der Waals surface area (Å²) in [6.45, 7) is 3.56. The van der Waals surface area contributed by atoms with E-state index in [1.54, 1.807) is 19.2 Å². The third-order valence-electron chi connectivity index (χ3n) is 3.37. The quantitative estimate of drug-likeness (QED) is 0.863. The van der Waals surface area contributed by atoms with Gasteiger partial charge in [-0.3, -0.25) is 0 Å². The van der Waals surface area contributed by atoms with E-state index in [4.69, 9.17) is 9.47 Å². The molecule has 0 aliphatic carbocycles. The molecule has 1 heterocycles. The zero-order valence-electron chi connectivity index (χ0n) is 12.1. The number of methoxy groups -OCH3 is 1. The van der Waals surface area contributed by atoms with E-state index >= 15 is 0 Å². The van der Waals surface area contributed by atoms with Crippen molar-refractivity contribution in [3.8, 4) is 5.75 Å². The summed E-state index contributed by atoms with van der Waals surface area (Å²) in [4.78, 5) is 0. The lowest BCUT2D eigenvalue weighted by Gasteiger charge is -2.26. The van der Waals surface area contributed by atoms with E-state index in [-0.39, 0.29) is 11.9 Å². The summed E-state index contributed by atoms with van der Waals surface area (Å²) in [5, 5.41) is 3.36. The number of hydrogen-bond acceptors (Lipinski definition) is 3. The number of ether oxygens (including phenoxy) is 2. The molecular formula is C16H22FNO2. The third-order valence-corrected chi connectivity index (χ3v) is 3.37. The lowest BCUT2D eigenvalue weighted by Crippen LogP contribution is -2.27. The van der Waals surface area contributed by atoms with E-state index in [2.05, 4.69) is 12.2 Å². The van der Waals surface area contributed by atoms with Crippen LogP contribution in [0.1, 0.15) is 37.8 Å². The second-order valence-electron chi connectivity index (χ2n) is 4.84. The van der Waals surface area contributed by atoms with Gasteiger partial charge in [0.25, 0.3) is 0 Å². The highest BCUT2D eigenvalue weighted by Gasteiger charge is 2.25. The summed E-state index contributed by atoms with van der Waals surface area (Å²) < 4.78 is 25.3. The van der Waals surface area contributed by atoms with Gasteiger partial charge in [-0.1, -0.05) is 13.0 Å². The topological polar surface area (TPSA) is 30.5 Å². The minimum absolute atomic E-state index is 0.270. The van der Waals surface area contributed by atoms with Crippen LogP contribution in [0, 0.1) is 5.82 Å². The molecule has 0 radical (unpaired) electrons. The minimum Gasteiger partial charge on any atom is -0.496 e. The van der Waals surface area contributed by atoms with Crippen LogP contribution in [0.4, 0.5) is 4.39 Å². The van der Waals surface area contributed by atoms with Gasteiger partial charge in [-0.15, -0.1) is 0 Å². The summed E-state index contributed by atoms with van der Waals surface area (Å²) in [7, 11) is 1.56. The van der Waals surface area contributed by atoms with Gasteiger partial charge in [0.1, 0.15) is 17.3 Å². The number of halogens is 1. The summed E-state index contributed by atoms with van der Waals surface area (Å²) in [6.07, 6.45) is 5.00. The van der Waals surface area contributed by atoms with Crippen molar-refractivity contribution in [2.24, 2.45) is 0 Å². The predicted molar refractivity (Wildman–Crippen MR) is 77.3 cm³/mol. The van der Waals surface area contributed by atoms with Crippen molar-refractivity contribution in [3.05, 3.63) is 41.4 Å². The van der Waals surface area contributed by atoms with Gasteiger partial charge in [0, 0.05) is 0 Å². The van der Waals surface area contributed by atoms with Crippen molar-refractivity contribution >= 4 is 0 Å². The Labute approximate surface area is 119 Å². The van der Waals surface area contributed by atoms with Crippen LogP contribution in [0.2, 0.25) is 0 Å². The molecule has 0 amide bonds. The molecule has 1 atom stereocenters. The van der Waals surface area contributed by atoms with Gasteiger partial charge in [-0.05, 0) is 44.0 Å². The Kier molecular flexibility index (Phi) is 5.41. The molecule has 1 unspecified atom stereocenters. The molecule has 20 heavy (non-hydrogen) atoms. The van der Waals surface area contributed by atoms with Crippen LogP contribution in [0.15, 0.2) is 30.0 Å². The highest BCUT2D eigenvalue weighted by atomic mass is 19.1. The Morgan fingerprint density at radius 2 is 2.30 bits per heavy atom. The number of hydrogen-bond donors (Lipinski definition) is 1. The van der Waals surface area contributed by atoms with Crippen LogP contribution in [0.25, 0.3) is 0 Å². The van der Waals surface area contributed by atoms with Crippen LogP contribution in [-0.2, 0) is 4.74 Å². The molecule has 0 spiro atoms. The van der Waals surface area contributed by atoms with Gasteiger partial charge < -0.3 is 14.8 Å². The van der Waals surface area contributed by atoms with Gasteiger partial charge >= 0.3 is 0 Å². The van der Waals surface area contributed by atoms with Gasteiger partial charge in [0.2, 0.25) is 0 Å². The molecule has 0 saturated carbocycles. The average Bonchev–Trinajstić information content (AvgIpc) is 2.50. The first kappa shape index (κ1) is 14.9. The minimum atomic E-state index is -0.286. The zero-order chi connectivity index (χ0) is 14.4. The van der Waals surface area contributed by atoms with E-state index < -0.39 is 0 Å². The van der Waals surface area contributed by atoms with E-state index in [9.17, 15) is 4.39 Å². The highest BCUT2D eigenvalue weighted by Crippen LogP contribution is 2.34. The number of nitrogens with one attached hydrogen (secondary N) is 1. The molecule has 3 nitrogen and oxygen atoms in total. The first-order valence-electron chi connectivity index (χ1n) is 7.16. The summed E-state index contributed by atoms with van der Waals surface area (Å²) in [5.41, 5.74) is 0.525. The first-order valence-corrected chi connectivity index (χ1v) is 7.16. The van der Waals surface area contributed by atoms with Crippen LogP contribution in [-0.4, -0.2) is 20.3 Å². The molecule has 1 N–H and O–H groups in total. The van der Waals surface area contributed by atoms with Gasteiger partial charge in [-0.2, -0.15) is 0 Å². The maximum absolute atomic E-state index is 14.3. The second kappa shape index (κ2) is 7.29. The normalized spacial score (nSPS) is 16.2. The fourth-order valence-electron chi connectivity index (χ4n) is 2.39. The fraction of sp³-hybridized carbons (Fsp3) is 0.500. The maximum Gasteiger partial charge on any atom is 0.132 e. The molecular weight excluding hydrogens is 257 g/mol. The Balaban J connectivity index is 2.37. The van der Waals surface area contributed by atoms with E-state index in [1.165, 1.54) is 6.07 Å². The van der Waals surface area contributed by atoms with Crippen molar-refractivity contribution in [3.63, 3.8) is 0 Å². The van der Waals surface area contributed by atoms with Crippen LogP contribution >= 0.6 is 0 Å². The average molecular weight is 279 g/mol. The number of benzene rings is 1. The SMILES string of the molecule is CCCNC(C1=CCCCO1)c1c(F)cccc1OC. The van der Waals surface area contributed by atoms with E-state index in [0.29, 0.717) is 17.9 Å². The Morgan fingerprint density at radius 3 is 2.95 bits per heavy atom. The monoisotopic (exact) mass is 279 g/mol. The lowest BCUT2D eigenvalue weighted by molar-refractivity contribution is 0.165. The Bertz CT molecular complexity index is 474. The van der Waals surface area contributed by atoms with Crippen molar-refractivity contribution in [1.29, 1.82) is 0 Å². The fourth-order valence-corrected chi connectivity index (χ4v) is 2.39. The van der Waals surface area contributed by atoms with Gasteiger partial charge in [-0.25, -0.2) is 4.39 Å². The molecule has 0 aromatic heterocycles. The summed E-state index contributed by atoms with van der Waals surface area (Å²) in [6, 6.07) is 4.61. The smallest absolute Gasteiger partial charge is 0.132 e. The number of rotatable bonds is 6. The van der Waals surface area contributed by atoms with Crippen molar-refractivity contribution in [2.45, 2.75) is 32.2 Å². The number of allylic oxidation sites excluding steroid dienone is 1. The van der Waals surface area contributed by atoms with Crippen molar-refractivity contribution < 1.29 is 13.9 Å². The maximum atomic E-state index is 14.3. The molecule has 1 aromatic rings. The molecule has 2 rings (SSSR count). The predicted octanol–water partition coefficient (Wildman–Crippen LogP) is 3.57. The molecule has 1 aliphatic heterocycles. The Hall–Kier alpha value is -1.55. The summed E-state index contributed by atoms with van der Waals surface area (Å²) in [5.74, 6) is 1.08. The largest absolute Gasteiger partial charge is 0.496 e.